The second-order valence-corrected chi connectivity index (χ2v) is 8.33. The monoisotopic (exact) mass is 418 g/mol. The molecule has 1 fully saturated rings. The maximum absolute atomic E-state index is 12.0. The van der Waals surface area contributed by atoms with Crippen molar-refractivity contribution in [1.29, 1.82) is 0 Å². The third kappa shape index (κ3) is 5.39. The van der Waals surface area contributed by atoms with Crippen molar-refractivity contribution in [3.05, 3.63) is 46.2 Å². The molecule has 1 N–H and O–H groups in total. The molecular weight excluding hydrogens is 392 g/mol. The van der Waals surface area contributed by atoms with Crippen LogP contribution in [0.25, 0.3) is 6.08 Å². The number of rotatable bonds is 8. The molecule has 5 nitrogen and oxygen atoms in total. The fraction of sp³-hybridized carbons (Fsp3) is 0.476. The molecule has 1 saturated carbocycles. The van der Waals surface area contributed by atoms with Gasteiger partial charge in [0.25, 0.3) is 0 Å². The molecule has 1 heterocycles. The Hall–Kier alpha value is -1.79. The molecule has 28 heavy (non-hydrogen) atoms. The van der Waals surface area contributed by atoms with Gasteiger partial charge in [0.05, 0.1) is 0 Å². The zero-order valence-corrected chi connectivity index (χ0v) is 18.0. The van der Waals surface area contributed by atoms with Crippen molar-refractivity contribution in [2.24, 2.45) is 0 Å². The van der Waals surface area contributed by atoms with E-state index >= 15 is 0 Å². The fourth-order valence-corrected chi connectivity index (χ4v) is 4.31. The molecule has 1 aliphatic rings. The first-order valence-electron chi connectivity index (χ1n) is 9.78. The fourth-order valence-electron chi connectivity index (χ4n) is 3.55. The van der Waals surface area contributed by atoms with Crippen LogP contribution in [0.2, 0.25) is 5.02 Å². The number of hydrogen-bond donors (Lipinski definition) is 1. The van der Waals surface area contributed by atoms with E-state index in [1.54, 1.807) is 23.9 Å². The van der Waals surface area contributed by atoms with Gasteiger partial charge in [0, 0.05) is 30.1 Å². The lowest BCUT2D eigenvalue weighted by molar-refractivity contribution is -0.116. The first-order valence-corrected chi connectivity index (χ1v) is 11.4. The molecule has 150 valence electrons. The summed E-state index contributed by atoms with van der Waals surface area (Å²) in [5.41, 5.74) is 1.94. The van der Waals surface area contributed by atoms with Crippen LogP contribution in [0.1, 0.15) is 55.1 Å². The highest BCUT2D eigenvalue weighted by atomic mass is 35.5. The highest BCUT2D eigenvalue weighted by Gasteiger charge is 2.23. The van der Waals surface area contributed by atoms with E-state index in [4.69, 9.17) is 11.6 Å². The zero-order valence-electron chi connectivity index (χ0n) is 16.4. The first-order chi connectivity index (χ1) is 13.6. The molecule has 0 radical (unpaired) electrons. The maximum Gasteiger partial charge on any atom is 0.243 e. The largest absolute Gasteiger partial charge is 0.353 e. The Morgan fingerprint density at radius 2 is 2.14 bits per heavy atom. The lowest BCUT2D eigenvalue weighted by Gasteiger charge is -2.16. The minimum atomic E-state index is -0.0984. The van der Waals surface area contributed by atoms with Crippen LogP contribution in [-0.2, 0) is 11.2 Å². The number of thioether (sulfide) groups is 1. The predicted octanol–water partition coefficient (Wildman–Crippen LogP) is 4.84. The number of nitrogens with one attached hydrogen (secondary N) is 1. The Bertz CT molecular complexity index is 843. The van der Waals surface area contributed by atoms with Crippen LogP contribution >= 0.6 is 23.4 Å². The number of hydrogen-bond acceptors (Lipinski definition) is 4. The van der Waals surface area contributed by atoms with E-state index in [9.17, 15) is 4.79 Å². The van der Waals surface area contributed by atoms with E-state index in [1.807, 2.05) is 31.4 Å². The Morgan fingerprint density at radius 3 is 2.86 bits per heavy atom. The lowest BCUT2D eigenvalue weighted by Crippen LogP contribution is -2.23. The van der Waals surface area contributed by atoms with Crippen LogP contribution < -0.4 is 5.32 Å². The van der Waals surface area contributed by atoms with Gasteiger partial charge in [0.2, 0.25) is 5.91 Å². The van der Waals surface area contributed by atoms with Gasteiger partial charge in [-0.25, -0.2) is 0 Å². The molecule has 0 aliphatic heterocycles. The predicted molar refractivity (Wildman–Crippen MR) is 116 cm³/mol. The Kier molecular flexibility index (Phi) is 7.57. The van der Waals surface area contributed by atoms with Crippen molar-refractivity contribution >= 4 is 35.3 Å². The number of benzene rings is 1. The molecular formula is C21H27ClN4OS. The van der Waals surface area contributed by atoms with Gasteiger partial charge < -0.3 is 9.88 Å². The van der Waals surface area contributed by atoms with Gasteiger partial charge in [-0.15, -0.1) is 10.2 Å². The van der Waals surface area contributed by atoms with Crippen molar-refractivity contribution in [2.75, 3.05) is 12.8 Å². The Balaban J connectivity index is 1.48. The van der Waals surface area contributed by atoms with Crippen LogP contribution in [0.15, 0.2) is 29.4 Å². The van der Waals surface area contributed by atoms with Crippen molar-refractivity contribution in [3.63, 3.8) is 0 Å². The smallest absolute Gasteiger partial charge is 0.243 e. The topological polar surface area (TPSA) is 59.8 Å². The van der Waals surface area contributed by atoms with E-state index in [-0.39, 0.29) is 5.91 Å². The van der Waals surface area contributed by atoms with Crippen molar-refractivity contribution < 1.29 is 4.79 Å². The standard InChI is InChI=1S/C21H27ClN4OS/c1-15-9-10-16(14-18(15)22)11-12-20(27)23-13-5-8-19-24-25-21(28-2)26(19)17-6-3-4-7-17/h9-12,14,17H,3-8,13H2,1-2H3,(H,23,27)/b12-11+. The number of halogens is 1. The number of nitrogens with zero attached hydrogens (tertiary/aromatic N) is 3. The summed E-state index contributed by atoms with van der Waals surface area (Å²) in [6, 6.07) is 6.29. The van der Waals surface area contributed by atoms with Crippen LogP contribution in [0, 0.1) is 6.92 Å². The summed E-state index contributed by atoms with van der Waals surface area (Å²) in [4.78, 5) is 12.0. The molecule has 0 bridgehead atoms. The van der Waals surface area contributed by atoms with Gasteiger partial charge in [-0.3, -0.25) is 4.79 Å². The summed E-state index contributed by atoms with van der Waals surface area (Å²) >= 11 is 7.77. The molecule has 1 aromatic heterocycles. The number of aromatic nitrogens is 3. The molecule has 7 heteroatoms. The SMILES string of the molecule is CSc1nnc(CCCNC(=O)/C=C/c2ccc(C)c(Cl)c2)n1C1CCCC1. The molecule has 3 rings (SSSR count). The van der Waals surface area contributed by atoms with Crippen LogP contribution in [0.3, 0.4) is 0 Å². The van der Waals surface area contributed by atoms with Crippen LogP contribution in [0.5, 0.6) is 0 Å². The van der Waals surface area contributed by atoms with E-state index in [0.29, 0.717) is 17.6 Å². The van der Waals surface area contributed by atoms with Crippen molar-refractivity contribution in [3.8, 4) is 0 Å². The van der Waals surface area contributed by atoms with Gasteiger partial charge in [0.15, 0.2) is 5.16 Å². The van der Waals surface area contributed by atoms with Crippen LogP contribution in [0.4, 0.5) is 0 Å². The molecule has 1 amide bonds. The van der Waals surface area contributed by atoms with Crippen molar-refractivity contribution in [1.82, 2.24) is 20.1 Å². The summed E-state index contributed by atoms with van der Waals surface area (Å²) in [6.07, 6.45) is 12.0. The van der Waals surface area contributed by atoms with Crippen molar-refractivity contribution in [2.45, 2.75) is 56.6 Å². The number of amides is 1. The molecule has 0 unspecified atom stereocenters. The highest BCUT2D eigenvalue weighted by molar-refractivity contribution is 7.98. The molecule has 1 aromatic carbocycles. The molecule has 0 spiro atoms. The average molecular weight is 419 g/mol. The third-order valence-corrected chi connectivity index (χ3v) is 6.16. The molecule has 0 atom stereocenters. The minimum absolute atomic E-state index is 0.0984. The second kappa shape index (κ2) is 10.1. The lowest BCUT2D eigenvalue weighted by atomic mass is 10.1. The Labute approximate surface area is 176 Å². The van der Waals surface area contributed by atoms with E-state index in [0.717, 1.165) is 34.9 Å². The van der Waals surface area contributed by atoms with E-state index in [2.05, 4.69) is 20.1 Å². The number of carbonyl (C=O) groups excluding carboxylic acids is 1. The summed E-state index contributed by atoms with van der Waals surface area (Å²) in [7, 11) is 0. The maximum atomic E-state index is 12.0. The minimum Gasteiger partial charge on any atom is -0.353 e. The molecule has 2 aromatic rings. The highest BCUT2D eigenvalue weighted by Crippen LogP contribution is 2.33. The third-order valence-electron chi connectivity index (χ3n) is 5.11. The number of aryl methyl sites for hydroxylation is 2. The van der Waals surface area contributed by atoms with Gasteiger partial charge >= 0.3 is 0 Å². The average Bonchev–Trinajstić information content (AvgIpc) is 3.35. The second-order valence-electron chi connectivity index (χ2n) is 7.15. The number of carbonyl (C=O) groups is 1. The summed E-state index contributed by atoms with van der Waals surface area (Å²) < 4.78 is 2.32. The summed E-state index contributed by atoms with van der Waals surface area (Å²) in [6.45, 7) is 2.57. The van der Waals surface area contributed by atoms with E-state index < -0.39 is 0 Å². The summed E-state index contributed by atoms with van der Waals surface area (Å²) in [5, 5.41) is 13.4. The van der Waals surface area contributed by atoms with Gasteiger partial charge in [-0.05, 0) is 55.7 Å². The van der Waals surface area contributed by atoms with Gasteiger partial charge in [-0.1, -0.05) is 48.3 Å². The first kappa shape index (κ1) is 20.9. The molecule has 0 saturated heterocycles. The normalized spacial score (nSPS) is 14.8. The zero-order chi connectivity index (χ0) is 19.9. The van der Waals surface area contributed by atoms with Crippen LogP contribution in [-0.4, -0.2) is 33.5 Å². The Morgan fingerprint density at radius 1 is 1.36 bits per heavy atom. The summed E-state index contributed by atoms with van der Waals surface area (Å²) in [5.74, 6) is 0.939. The molecule has 1 aliphatic carbocycles. The van der Waals surface area contributed by atoms with Gasteiger partial charge in [0.1, 0.15) is 5.82 Å². The van der Waals surface area contributed by atoms with Gasteiger partial charge in [-0.2, -0.15) is 0 Å². The quantitative estimate of drug-likeness (QED) is 0.378. The van der Waals surface area contributed by atoms with E-state index in [1.165, 1.54) is 25.7 Å².